The van der Waals surface area contributed by atoms with E-state index >= 15 is 0 Å². The Balaban J connectivity index is 2.25. The van der Waals surface area contributed by atoms with Gasteiger partial charge in [0.25, 0.3) is 0 Å². The lowest BCUT2D eigenvalue weighted by molar-refractivity contribution is 1.11. The fourth-order valence-corrected chi connectivity index (χ4v) is 1.49. The number of aryl methyl sites for hydroxylation is 1. The van der Waals surface area contributed by atoms with E-state index in [0.717, 1.165) is 5.56 Å². The molecular formula is C11H14N4. The lowest BCUT2D eigenvalue weighted by Gasteiger charge is -2.01. The minimum atomic E-state index is 0.480. The van der Waals surface area contributed by atoms with Gasteiger partial charge in [0, 0.05) is 12.0 Å². The highest BCUT2D eigenvalue weighted by atomic mass is 15.2. The Morgan fingerprint density at radius 2 is 1.87 bits per heavy atom. The number of nitrogens with two attached hydrogens (primary N) is 2. The predicted octanol–water partition coefficient (Wildman–Crippen LogP) is 1.47. The van der Waals surface area contributed by atoms with E-state index in [4.69, 9.17) is 11.5 Å². The normalized spacial score (nSPS) is 10.5. The summed E-state index contributed by atoms with van der Waals surface area (Å²) in [5, 5.41) is 6.53. The van der Waals surface area contributed by atoms with Crippen LogP contribution in [0.3, 0.4) is 0 Å². The van der Waals surface area contributed by atoms with Crippen molar-refractivity contribution >= 4 is 11.6 Å². The average molecular weight is 202 g/mol. The highest BCUT2D eigenvalue weighted by molar-refractivity contribution is 5.55. The number of nitrogen functional groups attached to an aromatic ring is 2. The summed E-state index contributed by atoms with van der Waals surface area (Å²) >= 11 is 0. The highest BCUT2D eigenvalue weighted by Crippen LogP contribution is 2.19. The summed E-state index contributed by atoms with van der Waals surface area (Å²) < 4.78 is 0. The van der Waals surface area contributed by atoms with Crippen LogP contribution >= 0.6 is 0 Å². The Morgan fingerprint density at radius 1 is 1.20 bits per heavy atom. The number of hydrogen-bond acceptors (Lipinski definition) is 3. The molecule has 0 aliphatic rings. The second-order valence-corrected chi connectivity index (χ2v) is 3.66. The van der Waals surface area contributed by atoms with Crippen molar-refractivity contribution in [3.8, 4) is 0 Å². The molecule has 1 aromatic heterocycles. The molecule has 0 aliphatic carbocycles. The van der Waals surface area contributed by atoms with Crippen LogP contribution in [0.2, 0.25) is 0 Å². The molecule has 2 rings (SSSR count). The first kappa shape index (κ1) is 9.58. The zero-order valence-corrected chi connectivity index (χ0v) is 8.62. The number of aromatic nitrogens is 2. The van der Waals surface area contributed by atoms with Crippen molar-refractivity contribution in [1.29, 1.82) is 0 Å². The summed E-state index contributed by atoms with van der Waals surface area (Å²) in [7, 11) is 0. The average Bonchev–Trinajstić information content (AvgIpc) is 2.53. The molecule has 4 heteroatoms. The molecule has 4 nitrogen and oxygen atoms in total. The Labute approximate surface area is 88.3 Å². The van der Waals surface area contributed by atoms with Crippen LogP contribution in [0, 0.1) is 6.92 Å². The second kappa shape index (κ2) is 3.65. The first-order valence-electron chi connectivity index (χ1n) is 4.80. The Morgan fingerprint density at radius 3 is 2.40 bits per heavy atom. The number of rotatable bonds is 2. The second-order valence-electron chi connectivity index (χ2n) is 3.66. The third kappa shape index (κ3) is 1.93. The quantitative estimate of drug-likeness (QED) is 0.689. The molecule has 0 bridgehead atoms. The third-order valence-electron chi connectivity index (χ3n) is 2.43. The first-order chi connectivity index (χ1) is 7.16. The maximum atomic E-state index is 5.72. The van der Waals surface area contributed by atoms with E-state index in [9.17, 15) is 0 Å². The van der Waals surface area contributed by atoms with Crippen molar-refractivity contribution in [1.82, 2.24) is 10.2 Å². The van der Waals surface area contributed by atoms with Crippen molar-refractivity contribution < 1.29 is 0 Å². The van der Waals surface area contributed by atoms with Crippen molar-refractivity contribution in [3.05, 3.63) is 41.0 Å². The molecule has 0 unspecified atom stereocenters. The van der Waals surface area contributed by atoms with E-state index in [1.54, 1.807) is 0 Å². The lowest BCUT2D eigenvalue weighted by atomic mass is 10.1. The molecular weight excluding hydrogens is 188 g/mol. The molecule has 78 valence electrons. The largest absolute Gasteiger partial charge is 0.384 e. The molecule has 1 heterocycles. The topological polar surface area (TPSA) is 80.7 Å². The minimum absolute atomic E-state index is 0.480. The van der Waals surface area contributed by atoms with Crippen LogP contribution in [-0.2, 0) is 6.42 Å². The highest BCUT2D eigenvalue weighted by Gasteiger charge is 2.08. The van der Waals surface area contributed by atoms with Gasteiger partial charge in [-0.15, -0.1) is 0 Å². The fraction of sp³-hybridized carbons (Fsp3) is 0.182. The minimum Gasteiger partial charge on any atom is -0.384 e. The van der Waals surface area contributed by atoms with E-state index in [1.165, 1.54) is 11.1 Å². The molecule has 0 amide bonds. The summed E-state index contributed by atoms with van der Waals surface area (Å²) in [5.74, 6) is 1.03. The molecule has 0 atom stereocenters. The van der Waals surface area contributed by atoms with Crippen LogP contribution in [0.5, 0.6) is 0 Å². The van der Waals surface area contributed by atoms with Crippen LogP contribution < -0.4 is 11.5 Å². The lowest BCUT2D eigenvalue weighted by Crippen LogP contribution is -1.97. The molecule has 5 N–H and O–H groups in total. The Hall–Kier alpha value is -1.97. The summed E-state index contributed by atoms with van der Waals surface area (Å²) in [6.45, 7) is 2.06. The summed E-state index contributed by atoms with van der Waals surface area (Å²) in [6, 6.07) is 8.28. The van der Waals surface area contributed by atoms with Gasteiger partial charge < -0.3 is 11.5 Å². The molecule has 1 aromatic carbocycles. The number of aromatic amines is 1. The van der Waals surface area contributed by atoms with Crippen LogP contribution in [0.25, 0.3) is 0 Å². The number of benzene rings is 1. The SMILES string of the molecule is Cc1ccc(Cc2c(N)n[nH]c2N)cc1. The summed E-state index contributed by atoms with van der Waals surface area (Å²) in [4.78, 5) is 0. The molecule has 0 radical (unpaired) electrons. The number of nitrogens with one attached hydrogen (secondary N) is 1. The number of anilines is 2. The molecule has 2 aromatic rings. The number of H-pyrrole nitrogens is 1. The molecule has 0 saturated heterocycles. The standard InChI is InChI=1S/C11H14N4/c1-7-2-4-8(5-3-7)6-9-10(12)14-15-11(9)13/h2-5H,6H2,1H3,(H5,12,13,14,15). The summed E-state index contributed by atoms with van der Waals surface area (Å²) in [5.41, 5.74) is 14.7. The van der Waals surface area contributed by atoms with Gasteiger partial charge in [-0.1, -0.05) is 29.8 Å². The third-order valence-corrected chi connectivity index (χ3v) is 2.43. The zero-order chi connectivity index (χ0) is 10.8. The van der Waals surface area contributed by atoms with E-state index in [0.29, 0.717) is 18.1 Å². The maximum absolute atomic E-state index is 5.72. The summed E-state index contributed by atoms with van der Waals surface area (Å²) in [6.07, 6.45) is 0.717. The van der Waals surface area contributed by atoms with Gasteiger partial charge in [-0.05, 0) is 12.5 Å². The van der Waals surface area contributed by atoms with Gasteiger partial charge >= 0.3 is 0 Å². The molecule has 0 fully saturated rings. The van der Waals surface area contributed by atoms with Crippen molar-refractivity contribution in [3.63, 3.8) is 0 Å². The van der Waals surface area contributed by atoms with Gasteiger partial charge in [-0.25, -0.2) is 0 Å². The van der Waals surface area contributed by atoms with Gasteiger partial charge in [0.2, 0.25) is 0 Å². The van der Waals surface area contributed by atoms with E-state index in [2.05, 4.69) is 41.4 Å². The number of hydrogen-bond donors (Lipinski definition) is 3. The van der Waals surface area contributed by atoms with Crippen molar-refractivity contribution in [2.24, 2.45) is 0 Å². The monoisotopic (exact) mass is 202 g/mol. The van der Waals surface area contributed by atoms with Gasteiger partial charge in [0.05, 0.1) is 0 Å². The number of nitrogens with zero attached hydrogens (tertiary/aromatic N) is 1. The molecule has 0 saturated carbocycles. The smallest absolute Gasteiger partial charge is 0.150 e. The van der Waals surface area contributed by atoms with Crippen molar-refractivity contribution in [2.75, 3.05) is 11.5 Å². The Bertz CT molecular complexity index is 436. The zero-order valence-electron chi connectivity index (χ0n) is 8.62. The van der Waals surface area contributed by atoms with Gasteiger partial charge in [-0.2, -0.15) is 5.10 Å². The van der Waals surface area contributed by atoms with Crippen LogP contribution in [0.15, 0.2) is 24.3 Å². The van der Waals surface area contributed by atoms with Crippen LogP contribution in [0.1, 0.15) is 16.7 Å². The first-order valence-corrected chi connectivity index (χ1v) is 4.80. The Kier molecular flexibility index (Phi) is 2.33. The van der Waals surface area contributed by atoms with Gasteiger partial charge in [-0.3, -0.25) is 5.10 Å². The fourth-order valence-electron chi connectivity index (χ4n) is 1.49. The van der Waals surface area contributed by atoms with E-state index < -0.39 is 0 Å². The van der Waals surface area contributed by atoms with Crippen LogP contribution in [0.4, 0.5) is 11.6 Å². The van der Waals surface area contributed by atoms with E-state index in [1.807, 2.05) is 0 Å². The van der Waals surface area contributed by atoms with E-state index in [-0.39, 0.29) is 0 Å². The molecule has 0 spiro atoms. The van der Waals surface area contributed by atoms with Crippen molar-refractivity contribution in [2.45, 2.75) is 13.3 Å². The van der Waals surface area contributed by atoms with Gasteiger partial charge in [0.15, 0.2) is 5.82 Å². The maximum Gasteiger partial charge on any atom is 0.150 e. The van der Waals surface area contributed by atoms with Crippen LogP contribution in [-0.4, -0.2) is 10.2 Å². The van der Waals surface area contributed by atoms with Gasteiger partial charge in [0.1, 0.15) is 5.82 Å². The molecule has 0 aliphatic heterocycles. The predicted molar refractivity (Wildman–Crippen MR) is 61.4 cm³/mol. The molecule has 15 heavy (non-hydrogen) atoms.